The maximum atomic E-state index is 6.17. The summed E-state index contributed by atoms with van der Waals surface area (Å²) in [5.74, 6) is 1.12. The van der Waals surface area contributed by atoms with E-state index in [9.17, 15) is 0 Å². The van der Waals surface area contributed by atoms with Gasteiger partial charge in [0.2, 0.25) is 0 Å². The molecular formula is C17H16Cl2N2. The van der Waals surface area contributed by atoms with Crippen LogP contribution >= 0.6 is 23.2 Å². The average molecular weight is 319 g/mol. The first-order chi connectivity index (χ1) is 10.2. The summed E-state index contributed by atoms with van der Waals surface area (Å²) >= 11 is 12.2. The maximum absolute atomic E-state index is 6.17. The lowest BCUT2D eigenvalue weighted by atomic mass is 10.1. The third-order valence-electron chi connectivity index (χ3n) is 3.56. The molecule has 0 unspecified atom stereocenters. The van der Waals surface area contributed by atoms with Crippen molar-refractivity contribution in [2.45, 2.75) is 19.4 Å². The van der Waals surface area contributed by atoms with Crippen LogP contribution in [0.4, 0.5) is 5.69 Å². The SMILES string of the molecule is Clc1ccc(N(Cc2ccccc2)C2=NCCC2)cc1Cl. The van der Waals surface area contributed by atoms with Crippen molar-refractivity contribution < 1.29 is 0 Å². The lowest BCUT2D eigenvalue weighted by Gasteiger charge is -2.25. The van der Waals surface area contributed by atoms with Crippen LogP contribution in [0.5, 0.6) is 0 Å². The van der Waals surface area contributed by atoms with Crippen LogP contribution in [-0.2, 0) is 6.54 Å². The summed E-state index contributed by atoms with van der Waals surface area (Å²) < 4.78 is 0. The van der Waals surface area contributed by atoms with Crippen molar-refractivity contribution in [3.8, 4) is 0 Å². The van der Waals surface area contributed by atoms with E-state index in [1.165, 1.54) is 5.56 Å². The Morgan fingerprint density at radius 3 is 2.48 bits per heavy atom. The molecule has 0 aromatic heterocycles. The summed E-state index contributed by atoms with van der Waals surface area (Å²) in [6.07, 6.45) is 2.12. The van der Waals surface area contributed by atoms with E-state index in [-0.39, 0.29) is 0 Å². The van der Waals surface area contributed by atoms with E-state index in [1.54, 1.807) is 0 Å². The molecule has 0 radical (unpaired) electrons. The average Bonchev–Trinajstić information content (AvgIpc) is 3.03. The fraction of sp³-hybridized carbons (Fsp3) is 0.235. The van der Waals surface area contributed by atoms with Crippen molar-refractivity contribution in [1.82, 2.24) is 0 Å². The highest BCUT2D eigenvalue weighted by Gasteiger charge is 2.18. The standard InChI is InChI=1S/C17H16Cl2N2/c18-15-9-8-14(11-16(15)19)21(17-7-4-10-20-17)12-13-5-2-1-3-6-13/h1-3,5-6,8-9,11H,4,7,10,12H2. The van der Waals surface area contributed by atoms with Gasteiger partial charge in [-0.15, -0.1) is 0 Å². The number of anilines is 1. The van der Waals surface area contributed by atoms with E-state index < -0.39 is 0 Å². The highest BCUT2D eigenvalue weighted by molar-refractivity contribution is 6.42. The maximum Gasteiger partial charge on any atom is 0.104 e. The molecule has 0 fully saturated rings. The van der Waals surface area contributed by atoms with Crippen LogP contribution in [0, 0.1) is 0 Å². The van der Waals surface area contributed by atoms with Crippen LogP contribution in [0.25, 0.3) is 0 Å². The Kier molecular flexibility index (Phi) is 4.47. The zero-order chi connectivity index (χ0) is 14.7. The van der Waals surface area contributed by atoms with E-state index in [2.05, 4.69) is 34.2 Å². The number of rotatable bonds is 3. The number of aliphatic imine (C=N–C) groups is 1. The zero-order valence-electron chi connectivity index (χ0n) is 11.6. The van der Waals surface area contributed by atoms with Gasteiger partial charge in [-0.05, 0) is 30.2 Å². The van der Waals surface area contributed by atoms with Gasteiger partial charge in [0.05, 0.1) is 10.0 Å². The lowest BCUT2D eigenvalue weighted by molar-refractivity contribution is 0.938. The van der Waals surface area contributed by atoms with Gasteiger partial charge in [0.25, 0.3) is 0 Å². The van der Waals surface area contributed by atoms with Crippen LogP contribution in [-0.4, -0.2) is 12.4 Å². The summed E-state index contributed by atoms with van der Waals surface area (Å²) in [6.45, 7) is 1.69. The second kappa shape index (κ2) is 6.50. The molecule has 2 aromatic carbocycles. The molecule has 0 spiro atoms. The van der Waals surface area contributed by atoms with Gasteiger partial charge in [0.15, 0.2) is 0 Å². The van der Waals surface area contributed by atoms with Crippen LogP contribution in [0.2, 0.25) is 10.0 Å². The molecule has 0 N–H and O–H groups in total. The second-order valence-electron chi connectivity index (χ2n) is 5.07. The summed E-state index contributed by atoms with van der Waals surface area (Å²) in [5, 5.41) is 1.15. The van der Waals surface area contributed by atoms with Gasteiger partial charge in [-0.25, -0.2) is 0 Å². The third kappa shape index (κ3) is 3.39. The molecule has 0 atom stereocenters. The highest BCUT2D eigenvalue weighted by Crippen LogP contribution is 2.29. The Hall–Kier alpha value is -1.51. The fourth-order valence-electron chi connectivity index (χ4n) is 2.50. The third-order valence-corrected chi connectivity index (χ3v) is 4.30. The number of hydrogen-bond acceptors (Lipinski definition) is 2. The van der Waals surface area contributed by atoms with E-state index in [0.29, 0.717) is 10.0 Å². The van der Waals surface area contributed by atoms with Crippen molar-refractivity contribution in [3.63, 3.8) is 0 Å². The Balaban J connectivity index is 1.93. The van der Waals surface area contributed by atoms with Crippen LogP contribution in [0.3, 0.4) is 0 Å². The van der Waals surface area contributed by atoms with Crippen molar-refractivity contribution in [2.24, 2.45) is 4.99 Å². The molecule has 0 saturated heterocycles. The zero-order valence-corrected chi connectivity index (χ0v) is 13.1. The van der Waals surface area contributed by atoms with Crippen molar-refractivity contribution in [2.75, 3.05) is 11.4 Å². The van der Waals surface area contributed by atoms with Gasteiger partial charge in [-0.3, -0.25) is 4.99 Å². The van der Waals surface area contributed by atoms with Gasteiger partial charge in [-0.2, -0.15) is 0 Å². The predicted molar refractivity (Wildman–Crippen MR) is 90.6 cm³/mol. The minimum Gasteiger partial charge on any atom is -0.326 e. The van der Waals surface area contributed by atoms with Crippen molar-refractivity contribution >= 4 is 34.7 Å². The Labute approximate surface area is 135 Å². The van der Waals surface area contributed by atoms with Crippen LogP contribution < -0.4 is 4.90 Å². The molecule has 108 valence electrons. The molecule has 2 nitrogen and oxygen atoms in total. The second-order valence-corrected chi connectivity index (χ2v) is 5.89. The fourth-order valence-corrected chi connectivity index (χ4v) is 2.79. The van der Waals surface area contributed by atoms with Crippen molar-refractivity contribution in [1.29, 1.82) is 0 Å². The van der Waals surface area contributed by atoms with E-state index in [0.717, 1.165) is 37.5 Å². The molecule has 0 aliphatic carbocycles. The first-order valence-electron chi connectivity index (χ1n) is 7.04. The Bertz CT molecular complexity index is 653. The molecule has 4 heteroatoms. The lowest BCUT2D eigenvalue weighted by Crippen LogP contribution is -2.28. The largest absolute Gasteiger partial charge is 0.326 e. The first kappa shape index (κ1) is 14.4. The Morgan fingerprint density at radius 1 is 1.00 bits per heavy atom. The summed E-state index contributed by atoms with van der Waals surface area (Å²) in [7, 11) is 0. The van der Waals surface area contributed by atoms with Gasteiger partial charge in [0, 0.05) is 25.2 Å². The molecule has 2 aromatic rings. The van der Waals surface area contributed by atoms with Gasteiger partial charge in [0.1, 0.15) is 5.84 Å². The number of hydrogen-bond donors (Lipinski definition) is 0. The molecule has 1 aliphatic rings. The van der Waals surface area contributed by atoms with Crippen LogP contribution in [0.15, 0.2) is 53.5 Å². The topological polar surface area (TPSA) is 15.6 Å². The van der Waals surface area contributed by atoms with Gasteiger partial charge >= 0.3 is 0 Å². The number of amidine groups is 1. The monoisotopic (exact) mass is 318 g/mol. The molecule has 21 heavy (non-hydrogen) atoms. The molecular weight excluding hydrogens is 303 g/mol. The number of benzene rings is 2. The summed E-state index contributed by atoms with van der Waals surface area (Å²) in [5.41, 5.74) is 2.28. The minimum atomic E-state index is 0.575. The van der Waals surface area contributed by atoms with E-state index in [1.807, 2.05) is 24.3 Å². The van der Waals surface area contributed by atoms with E-state index in [4.69, 9.17) is 23.2 Å². The Morgan fingerprint density at radius 2 is 1.81 bits per heavy atom. The molecule has 3 rings (SSSR count). The summed E-state index contributed by atoms with van der Waals surface area (Å²) in [4.78, 5) is 6.85. The smallest absolute Gasteiger partial charge is 0.104 e. The number of halogens is 2. The molecule has 1 heterocycles. The normalized spacial score (nSPS) is 14.1. The summed E-state index contributed by atoms with van der Waals surface area (Å²) in [6, 6.07) is 16.1. The quantitative estimate of drug-likeness (QED) is 0.760. The van der Waals surface area contributed by atoms with Crippen LogP contribution in [0.1, 0.15) is 18.4 Å². The highest BCUT2D eigenvalue weighted by atomic mass is 35.5. The first-order valence-corrected chi connectivity index (χ1v) is 7.79. The van der Waals surface area contributed by atoms with Crippen molar-refractivity contribution in [3.05, 3.63) is 64.1 Å². The van der Waals surface area contributed by atoms with Gasteiger partial charge in [-0.1, -0.05) is 53.5 Å². The molecule has 1 aliphatic heterocycles. The van der Waals surface area contributed by atoms with Gasteiger partial charge < -0.3 is 4.90 Å². The minimum absolute atomic E-state index is 0.575. The molecule has 0 amide bonds. The molecule has 0 bridgehead atoms. The molecule has 0 saturated carbocycles. The van der Waals surface area contributed by atoms with E-state index >= 15 is 0 Å². The number of nitrogens with zero attached hydrogens (tertiary/aromatic N) is 2. The predicted octanol–water partition coefficient (Wildman–Crippen LogP) is 5.19.